The molecule has 0 aliphatic heterocycles. The van der Waals surface area contributed by atoms with Crippen molar-refractivity contribution in [2.24, 2.45) is 0 Å². The minimum atomic E-state index is -4.53. The number of amides is 2. The van der Waals surface area contributed by atoms with Crippen LogP contribution in [-0.2, 0) is 24.4 Å². The molecule has 0 saturated heterocycles. The summed E-state index contributed by atoms with van der Waals surface area (Å²) in [6, 6.07) is 19.5. The number of halogens is 4. The molecule has 0 atom stereocenters. The van der Waals surface area contributed by atoms with Gasteiger partial charge in [-0.3, -0.25) is 9.59 Å². The molecule has 0 saturated carbocycles. The van der Waals surface area contributed by atoms with Crippen molar-refractivity contribution in [3.8, 4) is 5.69 Å². The first-order valence-corrected chi connectivity index (χ1v) is 13.2. The minimum Gasteiger partial charge on any atom is -0.370 e. The number of aromatic amines is 1. The highest BCUT2D eigenvalue weighted by Gasteiger charge is 2.28. The molecule has 0 radical (unpaired) electrons. The summed E-state index contributed by atoms with van der Waals surface area (Å²) in [5, 5.41) is 13.7. The zero-order chi connectivity index (χ0) is 30.4. The monoisotopic (exact) mass is 594 g/mol. The first kappa shape index (κ1) is 29.5. The molecule has 43 heavy (non-hydrogen) atoms. The van der Waals surface area contributed by atoms with Crippen LogP contribution in [0.4, 0.5) is 17.6 Å². The number of rotatable bonds is 11. The summed E-state index contributed by atoms with van der Waals surface area (Å²) >= 11 is 0. The van der Waals surface area contributed by atoms with Crippen molar-refractivity contribution in [3.05, 3.63) is 113 Å². The summed E-state index contributed by atoms with van der Waals surface area (Å²) in [5.41, 5.74) is 3.29. The average Bonchev–Trinajstić information content (AvgIpc) is 3.60. The van der Waals surface area contributed by atoms with Gasteiger partial charge in [-0.05, 0) is 60.0 Å². The van der Waals surface area contributed by atoms with Crippen LogP contribution >= 0.6 is 0 Å². The summed E-state index contributed by atoms with van der Waals surface area (Å²) in [5.74, 6) is -1.72. The third-order valence-electron chi connectivity index (χ3n) is 6.56. The Morgan fingerprint density at radius 1 is 0.930 bits per heavy atom. The number of H-pyrrole nitrogens is 1. The molecule has 0 bridgehead atoms. The third-order valence-corrected chi connectivity index (χ3v) is 6.56. The second-order valence-corrected chi connectivity index (χ2v) is 9.63. The first-order valence-electron chi connectivity index (χ1n) is 13.2. The Bertz CT molecular complexity index is 1720. The van der Waals surface area contributed by atoms with Crippen LogP contribution in [0.5, 0.6) is 0 Å². The van der Waals surface area contributed by atoms with Gasteiger partial charge in [-0.15, -0.1) is 5.10 Å². The molecule has 3 aromatic carbocycles. The number of hydrogen-bond donors (Lipinski definition) is 3. The number of nitrogens with one attached hydrogen (secondary N) is 3. The lowest BCUT2D eigenvalue weighted by atomic mass is 10.1. The second-order valence-electron chi connectivity index (χ2n) is 9.63. The van der Waals surface area contributed by atoms with E-state index in [-0.39, 0.29) is 36.8 Å². The fourth-order valence-corrected chi connectivity index (χ4v) is 4.45. The molecule has 9 nitrogen and oxygen atoms in total. The molecule has 0 aliphatic rings. The number of alkyl halides is 3. The Labute approximate surface area is 242 Å². The maximum Gasteiger partial charge on any atom is 0.405 e. The number of carbonyl (C=O) groups excluding carboxylic acids is 2. The van der Waals surface area contributed by atoms with Gasteiger partial charge < -0.3 is 20.4 Å². The van der Waals surface area contributed by atoms with Crippen LogP contribution in [0.3, 0.4) is 0 Å². The Kier molecular flexibility index (Phi) is 8.81. The molecule has 2 heterocycles. The summed E-state index contributed by atoms with van der Waals surface area (Å²) in [4.78, 5) is 28.3. The van der Waals surface area contributed by atoms with Crippen LogP contribution in [0.2, 0.25) is 0 Å². The number of carbonyl (C=O) groups is 2. The summed E-state index contributed by atoms with van der Waals surface area (Å²) in [7, 11) is 0. The molecule has 0 spiro atoms. The standard InChI is InChI=1S/C30H26F4N6O3/c31-22-8-11-24-21(15-36-25(24)14-22)12-13-35-29(42)27-26(17-43-16-19-4-2-1-3-5-19)40(39-38-27)23-9-6-20(7-10-23)28(41)37-18-30(32,33)34/h1-11,14-15,36H,12-13,16-18H2,(H,35,42)(H,37,41). The lowest BCUT2D eigenvalue weighted by Crippen LogP contribution is -2.33. The molecular weight excluding hydrogens is 568 g/mol. The molecule has 5 aromatic rings. The van der Waals surface area contributed by atoms with Crippen LogP contribution in [-0.4, -0.2) is 51.1 Å². The van der Waals surface area contributed by atoms with Crippen molar-refractivity contribution in [1.82, 2.24) is 30.6 Å². The molecule has 0 unspecified atom stereocenters. The number of ether oxygens (including phenoxy) is 1. The van der Waals surface area contributed by atoms with E-state index < -0.39 is 24.5 Å². The average molecular weight is 595 g/mol. The Balaban J connectivity index is 1.31. The fourth-order valence-electron chi connectivity index (χ4n) is 4.45. The van der Waals surface area contributed by atoms with E-state index in [2.05, 4.69) is 20.6 Å². The van der Waals surface area contributed by atoms with E-state index in [1.807, 2.05) is 35.6 Å². The molecular formula is C30H26F4N6O3. The third kappa shape index (κ3) is 7.43. The van der Waals surface area contributed by atoms with Crippen molar-refractivity contribution < 1.29 is 31.9 Å². The zero-order valence-corrected chi connectivity index (χ0v) is 22.6. The topological polar surface area (TPSA) is 114 Å². The number of hydrogen-bond acceptors (Lipinski definition) is 5. The molecule has 2 aromatic heterocycles. The zero-order valence-electron chi connectivity index (χ0n) is 22.6. The second kappa shape index (κ2) is 12.9. The molecule has 222 valence electrons. The van der Waals surface area contributed by atoms with Crippen molar-refractivity contribution >= 4 is 22.7 Å². The molecule has 0 aliphatic carbocycles. The van der Waals surface area contributed by atoms with Crippen molar-refractivity contribution in [2.75, 3.05) is 13.1 Å². The highest BCUT2D eigenvalue weighted by molar-refractivity contribution is 5.94. The highest BCUT2D eigenvalue weighted by Crippen LogP contribution is 2.20. The largest absolute Gasteiger partial charge is 0.405 e. The minimum absolute atomic E-state index is 0.0213. The maximum atomic E-state index is 13.5. The van der Waals surface area contributed by atoms with Gasteiger partial charge in [-0.2, -0.15) is 13.2 Å². The van der Waals surface area contributed by atoms with E-state index in [4.69, 9.17) is 4.74 Å². The lowest BCUT2D eigenvalue weighted by molar-refractivity contribution is -0.123. The SMILES string of the molecule is O=C(NCC(F)(F)F)c1ccc(-n2nnc(C(=O)NCCc3c[nH]c4cc(F)ccc34)c2COCc2ccccc2)cc1. The van der Waals surface area contributed by atoms with Crippen molar-refractivity contribution in [1.29, 1.82) is 0 Å². The van der Waals surface area contributed by atoms with Crippen LogP contribution in [0.15, 0.2) is 79.0 Å². The summed E-state index contributed by atoms with van der Waals surface area (Å²) in [6.07, 6.45) is -2.29. The fraction of sp³-hybridized carbons (Fsp3) is 0.200. The van der Waals surface area contributed by atoms with E-state index >= 15 is 0 Å². The van der Waals surface area contributed by atoms with Gasteiger partial charge in [0.2, 0.25) is 0 Å². The number of benzene rings is 3. The van der Waals surface area contributed by atoms with Gasteiger partial charge in [-0.25, -0.2) is 9.07 Å². The van der Waals surface area contributed by atoms with E-state index in [0.717, 1.165) is 16.5 Å². The first-order chi connectivity index (χ1) is 20.7. The Morgan fingerprint density at radius 3 is 2.44 bits per heavy atom. The van der Waals surface area contributed by atoms with Crippen molar-refractivity contribution in [2.45, 2.75) is 25.8 Å². The maximum absolute atomic E-state index is 13.5. The summed E-state index contributed by atoms with van der Waals surface area (Å²) in [6.45, 7) is -0.960. The number of fused-ring (bicyclic) bond motifs is 1. The number of nitrogens with zero attached hydrogens (tertiary/aromatic N) is 3. The quantitative estimate of drug-likeness (QED) is 0.189. The van der Waals surface area contributed by atoms with Crippen LogP contribution in [0, 0.1) is 5.82 Å². The number of aromatic nitrogens is 4. The predicted octanol–water partition coefficient (Wildman–Crippen LogP) is 4.87. The lowest BCUT2D eigenvalue weighted by Gasteiger charge is -2.11. The molecule has 0 fully saturated rings. The van der Waals surface area contributed by atoms with Crippen LogP contribution in [0.25, 0.3) is 16.6 Å². The molecule has 2 amide bonds. The van der Waals surface area contributed by atoms with Crippen LogP contribution in [0.1, 0.15) is 37.7 Å². The van der Waals surface area contributed by atoms with E-state index in [9.17, 15) is 27.2 Å². The Morgan fingerprint density at radius 2 is 1.70 bits per heavy atom. The van der Waals surface area contributed by atoms with E-state index in [1.54, 1.807) is 12.3 Å². The van der Waals surface area contributed by atoms with Gasteiger partial charge in [0.1, 0.15) is 18.1 Å². The molecule has 13 heteroatoms. The predicted molar refractivity (Wildman–Crippen MR) is 149 cm³/mol. The van der Waals surface area contributed by atoms with E-state index in [0.29, 0.717) is 23.3 Å². The Hall–Kier alpha value is -5.04. The normalized spacial score (nSPS) is 11.5. The molecule has 5 rings (SSSR count). The van der Waals surface area contributed by atoms with Crippen LogP contribution < -0.4 is 10.6 Å². The van der Waals surface area contributed by atoms with Gasteiger partial charge >= 0.3 is 6.18 Å². The molecule has 3 N–H and O–H groups in total. The van der Waals surface area contributed by atoms with Gasteiger partial charge in [0.15, 0.2) is 5.69 Å². The highest BCUT2D eigenvalue weighted by atomic mass is 19.4. The van der Waals surface area contributed by atoms with E-state index in [1.165, 1.54) is 41.1 Å². The van der Waals surface area contributed by atoms with Gasteiger partial charge in [-0.1, -0.05) is 35.5 Å². The van der Waals surface area contributed by atoms with Crippen molar-refractivity contribution in [3.63, 3.8) is 0 Å². The smallest absolute Gasteiger partial charge is 0.370 e. The van der Waals surface area contributed by atoms with Gasteiger partial charge in [0.05, 0.1) is 18.9 Å². The summed E-state index contributed by atoms with van der Waals surface area (Å²) < 4.78 is 58.2. The van der Waals surface area contributed by atoms with Gasteiger partial charge in [0, 0.05) is 29.2 Å². The van der Waals surface area contributed by atoms with Gasteiger partial charge in [0.25, 0.3) is 11.8 Å².